The number of ketones is 1. The molecule has 6 rings (SSSR count). The van der Waals surface area contributed by atoms with Crippen LogP contribution in [0.2, 0.25) is 0 Å². The van der Waals surface area contributed by atoms with Crippen LogP contribution < -0.4 is 26.8 Å². The van der Waals surface area contributed by atoms with Gasteiger partial charge in [-0.3, -0.25) is 57.5 Å². The van der Waals surface area contributed by atoms with Crippen LogP contribution >= 0.6 is 7.82 Å². The molecule has 3 amide bonds. The number of H-pyrrole nitrogens is 1. The van der Waals surface area contributed by atoms with Gasteiger partial charge in [-0.1, -0.05) is 36.4 Å². The second-order valence-corrected chi connectivity index (χ2v) is 16.9. The Labute approximate surface area is 377 Å². The zero-order valence-electron chi connectivity index (χ0n) is 36.0. The van der Waals surface area contributed by atoms with Gasteiger partial charge in [-0.25, -0.2) is 19.3 Å². The first-order chi connectivity index (χ1) is 31.7. The number of carbonyl (C=O) groups is 6. The number of nitrogens with one attached hydrogen (secondary N) is 5. The van der Waals surface area contributed by atoms with E-state index in [1.54, 1.807) is 32.1 Å². The molecule has 7 N–H and O–H groups in total. The van der Waals surface area contributed by atoms with E-state index >= 15 is 0 Å². The van der Waals surface area contributed by atoms with Crippen LogP contribution in [-0.4, -0.2) is 115 Å². The maximum absolute atomic E-state index is 14.3. The lowest BCUT2D eigenvalue weighted by Gasteiger charge is -2.31. The van der Waals surface area contributed by atoms with Crippen molar-refractivity contribution >= 4 is 66.1 Å². The lowest BCUT2D eigenvalue weighted by atomic mass is 9.86. The van der Waals surface area contributed by atoms with E-state index in [2.05, 4.69) is 41.2 Å². The van der Waals surface area contributed by atoms with Crippen molar-refractivity contribution in [3.63, 3.8) is 0 Å². The van der Waals surface area contributed by atoms with Gasteiger partial charge in [-0.15, -0.1) is 0 Å². The number of aromatic amines is 1. The summed E-state index contributed by atoms with van der Waals surface area (Å²) in [5.41, 5.74) is 0.952. The molecule has 2 aliphatic rings. The summed E-state index contributed by atoms with van der Waals surface area (Å²) >= 11 is 0. The number of hydrogen-bond donors (Lipinski definition) is 7. The highest BCUT2D eigenvalue weighted by atomic mass is 31.2. The molecule has 2 aromatic heterocycles. The van der Waals surface area contributed by atoms with E-state index in [-0.39, 0.29) is 74.3 Å². The van der Waals surface area contributed by atoms with Crippen molar-refractivity contribution in [3.05, 3.63) is 100 Å². The third-order valence-electron chi connectivity index (χ3n) is 10.7. The molecule has 1 saturated heterocycles. The van der Waals surface area contributed by atoms with Crippen LogP contribution in [0.15, 0.2) is 77.7 Å². The van der Waals surface area contributed by atoms with Crippen LogP contribution in [-0.2, 0) is 55.2 Å². The number of anilines is 2. The number of fused-ring (bicyclic) bond motifs is 3. The Balaban J connectivity index is 1.12. The zero-order valence-corrected chi connectivity index (χ0v) is 36.9. The predicted molar refractivity (Wildman–Crippen MR) is 236 cm³/mol. The average molecular weight is 932 g/mol. The van der Waals surface area contributed by atoms with E-state index in [9.17, 15) is 43.2 Å². The topological polar surface area (TPSA) is 311 Å². The molecule has 4 aromatic rings. The Kier molecular flexibility index (Phi) is 16.6. The number of hydrogen-bond acceptors (Lipinski definition) is 16. The fourth-order valence-electron chi connectivity index (χ4n) is 7.65. The Morgan fingerprint density at radius 1 is 0.909 bits per heavy atom. The third kappa shape index (κ3) is 12.3. The Morgan fingerprint density at radius 2 is 1.64 bits per heavy atom. The van der Waals surface area contributed by atoms with Crippen molar-refractivity contribution in [1.82, 2.24) is 35.5 Å². The number of phosphoric acid groups is 1. The van der Waals surface area contributed by atoms with Crippen LogP contribution in [0.4, 0.5) is 11.6 Å². The van der Waals surface area contributed by atoms with Crippen LogP contribution in [0.5, 0.6) is 0 Å². The second kappa shape index (κ2) is 22.5. The number of rotatable bonds is 24. The minimum atomic E-state index is -3.70. The normalized spacial score (nSPS) is 18.4. The summed E-state index contributed by atoms with van der Waals surface area (Å²) in [4.78, 5) is 108. The van der Waals surface area contributed by atoms with E-state index in [1.807, 2.05) is 35.2 Å². The number of nitrogens with zero attached hydrogens (tertiary/aromatic N) is 4. The number of aromatic nitrogens is 4. The van der Waals surface area contributed by atoms with Gasteiger partial charge in [-0.2, -0.15) is 4.98 Å². The van der Waals surface area contributed by atoms with Crippen molar-refractivity contribution in [2.24, 2.45) is 11.8 Å². The quantitative estimate of drug-likeness (QED) is 0.0392. The molecule has 0 radical (unpaired) electrons. The maximum atomic E-state index is 14.3. The average Bonchev–Trinajstić information content (AvgIpc) is 3.52. The summed E-state index contributed by atoms with van der Waals surface area (Å²) < 4.78 is 28.3. The zero-order chi connectivity index (χ0) is 47.4. The lowest BCUT2D eigenvalue weighted by Crippen LogP contribution is -2.47. The van der Waals surface area contributed by atoms with Crippen molar-refractivity contribution in [3.8, 4) is 0 Å². The molecule has 5 atom stereocenters. The Hall–Kier alpha value is -6.71. The minimum Gasteiger partial charge on any atom is -0.481 e. The van der Waals surface area contributed by atoms with E-state index < -0.39 is 79.4 Å². The first kappa shape index (κ1) is 48.7. The van der Waals surface area contributed by atoms with Gasteiger partial charge in [0, 0.05) is 36.8 Å². The second-order valence-electron chi connectivity index (χ2n) is 15.2. The van der Waals surface area contributed by atoms with Gasteiger partial charge in [0.05, 0.1) is 56.1 Å². The number of benzene rings is 2. The van der Waals surface area contributed by atoms with Gasteiger partial charge in [0.15, 0.2) is 16.9 Å². The van der Waals surface area contributed by atoms with E-state index in [4.69, 9.17) is 18.7 Å². The summed E-state index contributed by atoms with van der Waals surface area (Å²) in [7, 11) is -3.70. The molecule has 1 fully saturated rings. The van der Waals surface area contributed by atoms with E-state index in [0.717, 1.165) is 5.56 Å². The van der Waals surface area contributed by atoms with E-state index in [1.165, 1.54) is 24.4 Å². The molecule has 0 saturated carbocycles. The van der Waals surface area contributed by atoms with Crippen LogP contribution in [0.1, 0.15) is 61.1 Å². The molecule has 2 bridgehead atoms. The smallest absolute Gasteiger partial charge is 0.474 e. The standard InChI is InChI=1S/C43H50N9O13P/c1-3-63-66(62,64-4-2)65-21-9-8-20-44-39(57)34-33(30-17-18-31(53)36(34)52(30)24-25-10-6-5-7-11-25)40(58)50-43-49-37-35(41(59)51-43)47-28(23-46-37)22-45-27-14-12-26(13-15-27)38(56)48-29(42(60)61)16-19-32(54)55/h5-7,10-15,17-18,23,29-30,33-34,36,45H,3-4,8-9,16,19-22,24H2,1-2H3,(H,44,57)(H,48,56)(H,54,55)(H,60,61)(H2,46,49,50,51,58,59)/t29-,30-,33?,34?,36+/m1/s1. The number of aliphatic carboxylic acids is 2. The number of carboxylic acid groups (broad SMARTS) is 2. The molecule has 2 unspecified atom stereocenters. The third-order valence-corrected chi connectivity index (χ3v) is 12.3. The number of carbonyl (C=O) groups excluding carboxylic acids is 4. The highest BCUT2D eigenvalue weighted by molar-refractivity contribution is 7.48. The molecule has 4 heterocycles. The van der Waals surface area contributed by atoms with Crippen molar-refractivity contribution in [2.75, 3.05) is 37.0 Å². The molecule has 66 heavy (non-hydrogen) atoms. The number of phosphoric ester groups is 1. The predicted octanol–water partition coefficient (Wildman–Crippen LogP) is 3.03. The fourth-order valence-corrected chi connectivity index (χ4v) is 8.86. The lowest BCUT2D eigenvalue weighted by molar-refractivity contribution is -0.140. The molecule has 22 nitrogen and oxygen atoms in total. The van der Waals surface area contributed by atoms with Crippen molar-refractivity contribution in [1.29, 1.82) is 0 Å². The summed E-state index contributed by atoms with van der Waals surface area (Å²) in [6, 6.07) is 12.3. The molecule has 0 spiro atoms. The SMILES string of the molecule is CCOP(=O)(OCC)OCCCCNC(=O)C1C(C(=O)Nc2nc3ncc(CNc4ccc(C(=O)N[C@H](CCC(=O)O)C(=O)O)cc4)nc3c(=O)[nH]2)[C@H]2C=CC(=O)[C@@H]1N2Cc1ccccc1. The molecule has 2 aromatic carbocycles. The molecule has 2 aliphatic heterocycles. The highest BCUT2D eigenvalue weighted by Gasteiger charge is 2.58. The Bertz CT molecular complexity index is 2550. The van der Waals surface area contributed by atoms with Gasteiger partial charge in [0.1, 0.15) is 6.04 Å². The molecule has 0 aliphatic carbocycles. The van der Waals surface area contributed by atoms with Gasteiger partial charge in [0.2, 0.25) is 17.8 Å². The van der Waals surface area contributed by atoms with Gasteiger partial charge < -0.3 is 26.2 Å². The number of amides is 3. The number of unbranched alkanes of at least 4 members (excludes halogenated alkanes) is 1. The summed E-state index contributed by atoms with van der Waals surface area (Å²) in [6.07, 6.45) is 4.45. The summed E-state index contributed by atoms with van der Waals surface area (Å²) in [5, 5.41) is 29.1. The maximum Gasteiger partial charge on any atom is 0.474 e. The van der Waals surface area contributed by atoms with Crippen LogP contribution in [0, 0.1) is 11.8 Å². The first-order valence-electron chi connectivity index (χ1n) is 21.2. The Morgan fingerprint density at radius 3 is 2.32 bits per heavy atom. The molecular formula is C43H50N9O13P. The molecule has 23 heteroatoms. The van der Waals surface area contributed by atoms with Gasteiger partial charge in [-0.05, 0) is 69.0 Å². The number of carboxylic acids is 2. The van der Waals surface area contributed by atoms with Gasteiger partial charge >= 0.3 is 19.8 Å². The van der Waals surface area contributed by atoms with Crippen LogP contribution in [0.3, 0.4) is 0 Å². The summed E-state index contributed by atoms with van der Waals surface area (Å²) in [6.45, 7) is 4.15. The van der Waals surface area contributed by atoms with Crippen molar-refractivity contribution in [2.45, 2.75) is 70.7 Å². The molecule has 350 valence electrons. The highest BCUT2D eigenvalue weighted by Crippen LogP contribution is 2.49. The largest absolute Gasteiger partial charge is 0.481 e. The monoisotopic (exact) mass is 931 g/mol. The molecular weight excluding hydrogens is 881 g/mol. The first-order valence-corrected chi connectivity index (χ1v) is 22.7. The van der Waals surface area contributed by atoms with Crippen LogP contribution in [0.25, 0.3) is 11.2 Å². The van der Waals surface area contributed by atoms with Crippen molar-refractivity contribution < 1.29 is 57.1 Å². The minimum absolute atomic E-state index is 0.0395. The fraction of sp³-hybridized carbons (Fsp3) is 0.395. The van der Waals surface area contributed by atoms with Gasteiger partial charge in [0.25, 0.3) is 11.5 Å². The van der Waals surface area contributed by atoms with E-state index in [0.29, 0.717) is 24.2 Å². The summed E-state index contributed by atoms with van der Waals surface area (Å²) in [5.74, 6) is -7.26.